The molecule has 3 aromatic heterocycles. The molecule has 0 aliphatic rings. The molecule has 0 bridgehead atoms. The van der Waals surface area contributed by atoms with Gasteiger partial charge in [-0.2, -0.15) is 0 Å². The second-order valence-electron chi connectivity index (χ2n) is 8.55. The molecule has 0 unspecified atom stereocenters. The predicted molar refractivity (Wildman–Crippen MR) is 142 cm³/mol. The Morgan fingerprint density at radius 3 is 2.57 bits per heavy atom. The number of fused-ring (bicyclic) bond motifs is 1. The van der Waals surface area contributed by atoms with Crippen molar-refractivity contribution >= 4 is 33.0 Å². The van der Waals surface area contributed by atoms with Crippen LogP contribution in [0.1, 0.15) is 5.56 Å². The molecule has 0 saturated heterocycles. The first-order chi connectivity index (χ1) is 17.6. The first-order valence-corrected chi connectivity index (χ1v) is 13.1. The molecule has 0 saturated carbocycles. The van der Waals surface area contributed by atoms with E-state index in [1.54, 1.807) is 36.5 Å². The molecule has 4 aromatic rings. The number of pyridine rings is 2. The summed E-state index contributed by atoms with van der Waals surface area (Å²) < 4.78 is 40.9. The van der Waals surface area contributed by atoms with Crippen LogP contribution in [0.15, 0.2) is 64.7 Å². The lowest BCUT2D eigenvalue weighted by molar-refractivity contribution is 0.257. The van der Waals surface area contributed by atoms with Gasteiger partial charge in [0.2, 0.25) is 11.6 Å². The number of anilines is 1. The standard InChI is InChI=1S/C25H26ClN5O5S/c1-16-5-7-22(19(26)11-16)37(33,34)29-20-12-18(13-28-24(20)35-4)17-6-8-23-27-14-21(25(32)31(23)15-17)36-10-9-30(2)3/h5-8,11-15,29H,9-10H2,1-4H3. The minimum absolute atomic E-state index is 0.0719. The van der Waals surface area contributed by atoms with E-state index in [1.165, 1.54) is 30.0 Å². The average Bonchev–Trinajstić information content (AvgIpc) is 2.84. The van der Waals surface area contributed by atoms with Crippen molar-refractivity contribution in [3.8, 4) is 22.8 Å². The molecule has 0 aliphatic carbocycles. The third kappa shape index (κ3) is 5.85. The van der Waals surface area contributed by atoms with Gasteiger partial charge in [0, 0.05) is 30.1 Å². The number of sulfonamides is 1. The first-order valence-electron chi connectivity index (χ1n) is 11.2. The smallest absolute Gasteiger partial charge is 0.300 e. The first kappa shape index (κ1) is 26.4. The van der Waals surface area contributed by atoms with E-state index in [9.17, 15) is 13.2 Å². The van der Waals surface area contributed by atoms with E-state index in [2.05, 4.69) is 14.7 Å². The molecule has 37 heavy (non-hydrogen) atoms. The molecule has 0 aliphatic heterocycles. The average molecular weight is 544 g/mol. The number of methoxy groups -OCH3 is 1. The van der Waals surface area contributed by atoms with Crippen LogP contribution in [0.5, 0.6) is 11.6 Å². The van der Waals surface area contributed by atoms with Gasteiger partial charge in [0.15, 0.2) is 0 Å². The van der Waals surface area contributed by atoms with E-state index in [0.717, 1.165) is 5.56 Å². The number of nitrogens with zero attached hydrogens (tertiary/aromatic N) is 4. The summed E-state index contributed by atoms with van der Waals surface area (Å²) in [6, 6.07) is 9.67. The quantitative estimate of drug-likeness (QED) is 0.341. The van der Waals surface area contributed by atoms with Crippen molar-refractivity contribution in [2.75, 3.05) is 39.1 Å². The summed E-state index contributed by atoms with van der Waals surface area (Å²) in [5.74, 6) is 0.208. The number of halogens is 1. The van der Waals surface area contributed by atoms with E-state index < -0.39 is 10.0 Å². The topological polar surface area (TPSA) is 115 Å². The zero-order valence-corrected chi connectivity index (χ0v) is 22.3. The highest BCUT2D eigenvalue weighted by atomic mass is 35.5. The van der Waals surface area contributed by atoms with Gasteiger partial charge in [-0.3, -0.25) is 13.9 Å². The van der Waals surface area contributed by atoms with Crippen LogP contribution >= 0.6 is 11.6 Å². The largest absolute Gasteiger partial charge is 0.485 e. The van der Waals surface area contributed by atoms with Crippen LogP contribution in [-0.4, -0.2) is 62.0 Å². The van der Waals surface area contributed by atoms with Gasteiger partial charge >= 0.3 is 0 Å². The number of ether oxygens (including phenoxy) is 2. The summed E-state index contributed by atoms with van der Waals surface area (Å²) in [6.07, 6.45) is 4.53. The van der Waals surface area contributed by atoms with E-state index >= 15 is 0 Å². The molecule has 3 heterocycles. The highest BCUT2D eigenvalue weighted by molar-refractivity contribution is 7.92. The maximum atomic E-state index is 13.1. The van der Waals surface area contributed by atoms with Crippen molar-refractivity contribution < 1.29 is 17.9 Å². The number of nitrogens with one attached hydrogen (secondary N) is 1. The number of hydrogen-bond donors (Lipinski definition) is 1. The van der Waals surface area contributed by atoms with E-state index in [1.807, 2.05) is 25.9 Å². The number of aromatic nitrogens is 3. The Hall–Kier alpha value is -3.67. The molecule has 194 valence electrons. The Bertz CT molecular complexity index is 1620. The Kier molecular flexibility index (Phi) is 7.67. The highest BCUT2D eigenvalue weighted by Gasteiger charge is 2.21. The predicted octanol–water partition coefficient (Wildman–Crippen LogP) is 3.47. The summed E-state index contributed by atoms with van der Waals surface area (Å²) in [7, 11) is 1.17. The van der Waals surface area contributed by atoms with Gasteiger partial charge in [-0.15, -0.1) is 0 Å². The van der Waals surface area contributed by atoms with E-state index in [0.29, 0.717) is 29.9 Å². The minimum atomic E-state index is -4.04. The number of likely N-dealkylation sites (N-methyl/N-ethyl adjacent to an activating group) is 1. The molecular formula is C25H26ClN5O5S. The van der Waals surface area contributed by atoms with Crippen LogP contribution < -0.4 is 19.8 Å². The second kappa shape index (κ2) is 10.8. The number of benzene rings is 1. The Labute approximate surface area is 219 Å². The van der Waals surface area contributed by atoms with Gasteiger partial charge in [0.25, 0.3) is 15.6 Å². The van der Waals surface area contributed by atoms with Gasteiger partial charge < -0.3 is 14.4 Å². The number of aryl methyl sites for hydroxylation is 1. The van der Waals surface area contributed by atoms with E-state index in [4.69, 9.17) is 21.1 Å². The van der Waals surface area contributed by atoms with Gasteiger partial charge in [-0.25, -0.2) is 18.4 Å². The van der Waals surface area contributed by atoms with Crippen LogP contribution in [0.2, 0.25) is 5.02 Å². The summed E-state index contributed by atoms with van der Waals surface area (Å²) in [5.41, 5.74) is 2.17. The molecular weight excluding hydrogens is 518 g/mol. The molecule has 12 heteroatoms. The normalized spacial score (nSPS) is 11.6. The van der Waals surface area contributed by atoms with E-state index in [-0.39, 0.29) is 32.8 Å². The van der Waals surface area contributed by atoms with Gasteiger partial charge in [0.05, 0.1) is 18.3 Å². The van der Waals surface area contributed by atoms with Gasteiger partial charge in [-0.1, -0.05) is 17.7 Å². The number of hydrogen-bond acceptors (Lipinski definition) is 8. The highest BCUT2D eigenvalue weighted by Crippen LogP contribution is 2.31. The van der Waals surface area contributed by atoms with Crippen LogP contribution in [0.4, 0.5) is 5.69 Å². The lowest BCUT2D eigenvalue weighted by Crippen LogP contribution is -2.23. The molecule has 1 aromatic carbocycles. The monoisotopic (exact) mass is 543 g/mol. The fourth-order valence-corrected chi connectivity index (χ4v) is 5.19. The molecule has 0 radical (unpaired) electrons. The molecule has 4 rings (SSSR count). The maximum absolute atomic E-state index is 13.1. The van der Waals surface area contributed by atoms with Crippen molar-refractivity contribution in [3.05, 3.63) is 75.9 Å². The molecule has 0 amide bonds. The van der Waals surface area contributed by atoms with Crippen molar-refractivity contribution in [1.82, 2.24) is 19.3 Å². The summed E-state index contributed by atoms with van der Waals surface area (Å²) in [6.45, 7) is 2.80. The third-order valence-corrected chi connectivity index (χ3v) is 7.31. The Balaban J connectivity index is 1.71. The third-order valence-electron chi connectivity index (χ3n) is 5.47. The van der Waals surface area contributed by atoms with Crippen molar-refractivity contribution in [2.45, 2.75) is 11.8 Å². The van der Waals surface area contributed by atoms with Crippen molar-refractivity contribution in [2.24, 2.45) is 0 Å². The van der Waals surface area contributed by atoms with Gasteiger partial charge in [-0.05, 0) is 56.9 Å². The summed E-state index contributed by atoms with van der Waals surface area (Å²) in [5, 5.41) is 0.0978. The molecule has 0 spiro atoms. The molecule has 10 nitrogen and oxygen atoms in total. The molecule has 0 atom stereocenters. The fourth-order valence-electron chi connectivity index (χ4n) is 3.54. The molecule has 1 N–H and O–H groups in total. The summed E-state index contributed by atoms with van der Waals surface area (Å²) in [4.78, 5) is 23.4. The van der Waals surface area contributed by atoms with Crippen molar-refractivity contribution in [3.63, 3.8) is 0 Å². The maximum Gasteiger partial charge on any atom is 0.300 e. The van der Waals surface area contributed by atoms with Crippen molar-refractivity contribution in [1.29, 1.82) is 0 Å². The Morgan fingerprint density at radius 2 is 1.86 bits per heavy atom. The van der Waals surface area contributed by atoms with Crippen LogP contribution in [0.25, 0.3) is 16.8 Å². The zero-order valence-electron chi connectivity index (χ0n) is 20.7. The summed E-state index contributed by atoms with van der Waals surface area (Å²) >= 11 is 6.19. The van der Waals surface area contributed by atoms with Crippen LogP contribution in [-0.2, 0) is 10.0 Å². The SMILES string of the molecule is COc1ncc(-c2ccc3ncc(OCCN(C)C)c(=O)n3c2)cc1NS(=O)(=O)c1ccc(C)cc1Cl. The lowest BCUT2D eigenvalue weighted by atomic mass is 10.1. The zero-order chi connectivity index (χ0) is 26.7. The Morgan fingerprint density at radius 1 is 1.08 bits per heavy atom. The van der Waals surface area contributed by atoms with Crippen LogP contribution in [0.3, 0.4) is 0 Å². The minimum Gasteiger partial charge on any atom is -0.485 e. The van der Waals surface area contributed by atoms with Gasteiger partial charge in [0.1, 0.15) is 22.8 Å². The second-order valence-corrected chi connectivity index (χ2v) is 10.6. The lowest BCUT2D eigenvalue weighted by Gasteiger charge is -2.14. The van der Waals surface area contributed by atoms with Crippen LogP contribution in [0, 0.1) is 6.92 Å². The fraction of sp³-hybridized carbons (Fsp3) is 0.240. The molecule has 0 fully saturated rings. The number of rotatable bonds is 9.